The van der Waals surface area contributed by atoms with Crippen molar-refractivity contribution in [1.82, 2.24) is 0 Å². The highest BCUT2D eigenvalue weighted by molar-refractivity contribution is 6.31. The summed E-state index contributed by atoms with van der Waals surface area (Å²) in [7, 11) is 0. The second-order valence-corrected chi connectivity index (χ2v) is 16.2. The summed E-state index contributed by atoms with van der Waals surface area (Å²) in [6, 6.07) is 80.6. The van der Waals surface area contributed by atoms with Crippen LogP contribution in [0.15, 0.2) is 223 Å². The Morgan fingerprint density at radius 1 is 0.300 bits per heavy atom. The van der Waals surface area contributed by atoms with Crippen LogP contribution in [0.5, 0.6) is 0 Å². The lowest BCUT2D eigenvalue weighted by Crippen LogP contribution is -2.28. The van der Waals surface area contributed by atoms with Gasteiger partial charge in [0.05, 0.1) is 5.41 Å². The number of rotatable bonds is 4. The summed E-state index contributed by atoms with van der Waals surface area (Å²) in [5, 5.41) is 12.1. The predicted molar refractivity (Wildman–Crippen MR) is 252 cm³/mol. The van der Waals surface area contributed by atoms with Crippen LogP contribution < -0.4 is 0 Å². The number of furan rings is 1. The Morgan fingerprint density at radius 2 is 0.817 bits per heavy atom. The van der Waals surface area contributed by atoms with E-state index in [-0.39, 0.29) is 0 Å². The Morgan fingerprint density at radius 3 is 1.50 bits per heavy atom. The lowest BCUT2D eigenvalue weighted by Gasteiger charge is -2.34. The Balaban J connectivity index is 1.12. The van der Waals surface area contributed by atoms with Crippen LogP contribution in [-0.2, 0) is 5.41 Å². The van der Waals surface area contributed by atoms with Gasteiger partial charge in [0.1, 0.15) is 11.2 Å². The molecule has 1 aromatic heterocycles. The lowest BCUT2D eigenvalue weighted by atomic mass is 9.67. The molecule has 278 valence electrons. The first-order chi connectivity index (χ1) is 29.8. The molecule has 0 atom stereocenters. The van der Waals surface area contributed by atoms with Gasteiger partial charge in [0, 0.05) is 10.8 Å². The molecule has 1 heteroatoms. The maximum absolute atomic E-state index is 6.81. The third-order valence-corrected chi connectivity index (χ3v) is 13.3. The second-order valence-electron chi connectivity index (χ2n) is 16.2. The molecule has 0 radical (unpaired) electrons. The van der Waals surface area contributed by atoms with Crippen molar-refractivity contribution in [3.05, 3.63) is 241 Å². The summed E-state index contributed by atoms with van der Waals surface area (Å²) in [6.45, 7) is 0. The summed E-state index contributed by atoms with van der Waals surface area (Å²) in [5.41, 5.74) is 13.9. The maximum Gasteiger partial charge on any atom is 0.136 e. The van der Waals surface area contributed by atoms with Gasteiger partial charge in [0.15, 0.2) is 0 Å². The summed E-state index contributed by atoms with van der Waals surface area (Å²) in [4.78, 5) is 0. The zero-order chi connectivity index (χ0) is 39.4. The fraction of sp³-hybridized carbons (Fsp3) is 0.0169. The molecule has 0 saturated heterocycles. The molecule has 1 aliphatic rings. The van der Waals surface area contributed by atoms with Crippen LogP contribution in [0.3, 0.4) is 0 Å². The van der Waals surface area contributed by atoms with E-state index in [0.717, 1.165) is 11.2 Å². The Labute approximate surface area is 347 Å². The van der Waals surface area contributed by atoms with Crippen LogP contribution in [-0.4, -0.2) is 0 Å². The molecular weight excluding hydrogens is 725 g/mol. The molecule has 1 heterocycles. The second kappa shape index (κ2) is 12.6. The van der Waals surface area contributed by atoms with Crippen molar-refractivity contribution in [2.75, 3.05) is 0 Å². The van der Waals surface area contributed by atoms with Gasteiger partial charge in [-0.2, -0.15) is 0 Å². The van der Waals surface area contributed by atoms with Gasteiger partial charge >= 0.3 is 0 Å². The van der Waals surface area contributed by atoms with Crippen LogP contribution >= 0.6 is 0 Å². The minimum absolute atomic E-state index is 0.484. The number of hydrogen-bond acceptors (Lipinski definition) is 1. The van der Waals surface area contributed by atoms with Crippen molar-refractivity contribution in [2.24, 2.45) is 0 Å². The van der Waals surface area contributed by atoms with Crippen molar-refractivity contribution in [2.45, 2.75) is 5.41 Å². The number of benzene rings is 11. The zero-order valence-electron chi connectivity index (χ0n) is 32.7. The standard InChI is InChI=1S/C59H36O/c1-3-18-39(19-4-1)59(40-20-5-2-6-21-40)51-30-16-15-24-43(51)44-33-31-38(35-52(44)59)55-46-26-11-13-28-48(46)56(49-29-14-12-27-47(49)55)50-36-54-58(45-25-10-9-23-42(45)50)57-41-22-8-7-17-37(41)32-34-53(57)60-54/h1-36H. The van der Waals surface area contributed by atoms with E-state index in [9.17, 15) is 0 Å². The minimum Gasteiger partial charge on any atom is -0.456 e. The summed E-state index contributed by atoms with van der Waals surface area (Å²) >= 11 is 0. The van der Waals surface area contributed by atoms with Crippen molar-refractivity contribution < 1.29 is 4.42 Å². The average Bonchev–Trinajstić information content (AvgIpc) is 3.85. The van der Waals surface area contributed by atoms with E-state index in [4.69, 9.17) is 4.42 Å². The van der Waals surface area contributed by atoms with Gasteiger partial charge in [-0.05, 0) is 117 Å². The Kier molecular flexibility index (Phi) is 7.00. The van der Waals surface area contributed by atoms with Gasteiger partial charge in [-0.25, -0.2) is 0 Å². The molecule has 12 aromatic rings. The lowest BCUT2D eigenvalue weighted by molar-refractivity contribution is 0.669. The van der Waals surface area contributed by atoms with Gasteiger partial charge in [-0.15, -0.1) is 0 Å². The van der Waals surface area contributed by atoms with Gasteiger partial charge in [-0.3, -0.25) is 0 Å². The van der Waals surface area contributed by atoms with E-state index in [0.29, 0.717) is 0 Å². The van der Waals surface area contributed by atoms with E-state index in [1.165, 1.54) is 109 Å². The summed E-state index contributed by atoms with van der Waals surface area (Å²) in [6.07, 6.45) is 0. The van der Waals surface area contributed by atoms with Gasteiger partial charge < -0.3 is 4.42 Å². The predicted octanol–water partition coefficient (Wildman–Crippen LogP) is 15.9. The smallest absolute Gasteiger partial charge is 0.136 e. The number of hydrogen-bond donors (Lipinski definition) is 0. The molecule has 13 rings (SSSR count). The van der Waals surface area contributed by atoms with Gasteiger partial charge in [-0.1, -0.05) is 200 Å². The molecule has 60 heavy (non-hydrogen) atoms. The van der Waals surface area contributed by atoms with Crippen LogP contribution in [0.4, 0.5) is 0 Å². The summed E-state index contributed by atoms with van der Waals surface area (Å²) < 4.78 is 6.81. The molecule has 1 aliphatic carbocycles. The first kappa shape index (κ1) is 33.3. The van der Waals surface area contributed by atoms with Crippen LogP contribution in [0.2, 0.25) is 0 Å². The molecule has 1 nitrogen and oxygen atoms in total. The first-order valence-electron chi connectivity index (χ1n) is 20.8. The maximum atomic E-state index is 6.81. The van der Waals surface area contributed by atoms with Crippen molar-refractivity contribution in [1.29, 1.82) is 0 Å². The van der Waals surface area contributed by atoms with Crippen LogP contribution in [0.1, 0.15) is 22.3 Å². The van der Waals surface area contributed by atoms with Crippen molar-refractivity contribution in [3.8, 4) is 33.4 Å². The van der Waals surface area contributed by atoms with E-state index in [1.54, 1.807) is 0 Å². The molecule has 0 N–H and O–H groups in total. The monoisotopic (exact) mass is 760 g/mol. The topological polar surface area (TPSA) is 13.1 Å². The largest absolute Gasteiger partial charge is 0.456 e. The third-order valence-electron chi connectivity index (χ3n) is 13.3. The van der Waals surface area contributed by atoms with Crippen LogP contribution in [0.25, 0.3) is 98.4 Å². The van der Waals surface area contributed by atoms with E-state index >= 15 is 0 Å². The van der Waals surface area contributed by atoms with Crippen molar-refractivity contribution >= 4 is 65.0 Å². The average molecular weight is 761 g/mol. The van der Waals surface area contributed by atoms with Gasteiger partial charge in [0.25, 0.3) is 0 Å². The Bertz CT molecular complexity index is 3610. The molecule has 0 bridgehead atoms. The minimum atomic E-state index is -0.484. The van der Waals surface area contributed by atoms with Gasteiger partial charge in [0.2, 0.25) is 0 Å². The quantitative estimate of drug-likeness (QED) is 0.163. The molecule has 0 unspecified atom stereocenters. The zero-order valence-corrected chi connectivity index (χ0v) is 32.7. The highest BCUT2D eigenvalue weighted by atomic mass is 16.3. The highest BCUT2D eigenvalue weighted by Crippen LogP contribution is 2.57. The fourth-order valence-corrected chi connectivity index (χ4v) is 10.9. The SMILES string of the molecule is c1ccc(C2(c3ccccc3)c3ccccc3-c3ccc(-c4c5ccccc5c(-c5cc6oc7ccc8ccccc8c7c6c6ccccc56)c5ccccc45)cc32)cc1. The Hall–Kier alpha value is -7.74. The molecule has 0 aliphatic heterocycles. The third kappa shape index (κ3) is 4.47. The van der Waals surface area contributed by atoms with Crippen molar-refractivity contribution in [3.63, 3.8) is 0 Å². The molecule has 0 spiro atoms. The van der Waals surface area contributed by atoms with E-state index in [2.05, 4.69) is 218 Å². The summed E-state index contributed by atoms with van der Waals surface area (Å²) in [5.74, 6) is 0. The molecule has 0 amide bonds. The highest BCUT2D eigenvalue weighted by Gasteiger charge is 2.46. The number of fused-ring (bicyclic) bond motifs is 12. The fourth-order valence-electron chi connectivity index (χ4n) is 10.9. The van der Waals surface area contributed by atoms with E-state index in [1.807, 2.05) is 0 Å². The molecule has 11 aromatic carbocycles. The van der Waals surface area contributed by atoms with E-state index < -0.39 is 5.41 Å². The normalized spacial score (nSPS) is 13.1. The molecule has 0 fully saturated rings. The molecule has 0 saturated carbocycles. The molecular formula is C59H36O. The van der Waals surface area contributed by atoms with Crippen LogP contribution in [0, 0.1) is 0 Å². The first-order valence-corrected chi connectivity index (χ1v) is 20.8.